The molecule has 0 atom stereocenters. The van der Waals surface area contributed by atoms with E-state index in [9.17, 15) is 9.18 Å². The molecule has 33 heavy (non-hydrogen) atoms. The summed E-state index contributed by atoms with van der Waals surface area (Å²) in [6.07, 6.45) is 1.68. The Morgan fingerprint density at radius 3 is 2.52 bits per heavy atom. The minimum absolute atomic E-state index is 0.0738. The SMILES string of the molecule is O=C(Nc1cccc(-c2ccc3nnc(-c4ccccn4)n3n2)c1)Nc1ccc(F)c(Cl)c1. The number of amides is 2. The standard InChI is InChI=1S/C23H15ClFN7O/c24-17-13-16(7-8-18(17)25)28-23(33)27-15-5-3-4-14(12-15)19-9-10-21-29-30-22(32(21)31-19)20-6-1-2-11-26-20/h1-13H,(H2,27,28,33). The molecule has 5 aromatic rings. The Bertz CT molecular complexity index is 1470. The number of benzene rings is 2. The molecule has 0 saturated heterocycles. The molecule has 0 saturated carbocycles. The predicted octanol–water partition coefficient (Wildman–Crippen LogP) is 5.29. The van der Waals surface area contributed by atoms with E-state index in [1.54, 1.807) is 28.9 Å². The van der Waals surface area contributed by atoms with E-state index in [1.165, 1.54) is 18.2 Å². The Morgan fingerprint density at radius 1 is 0.879 bits per heavy atom. The summed E-state index contributed by atoms with van der Waals surface area (Å²) in [5.41, 5.74) is 3.60. The number of rotatable bonds is 4. The molecule has 0 aliphatic carbocycles. The Morgan fingerprint density at radius 2 is 1.73 bits per heavy atom. The average Bonchev–Trinajstić information content (AvgIpc) is 3.25. The molecule has 2 N–H and O–H groups in total. The zero-order chi connectivity index (χ0) is 22.8. The summed E-state index contributed by atoms with van der Waals surface area (Å²) in [5.74, 6) is -0.0295. The highest BCUT2D eigenvalue weighted by molar-refractivity contribution is 6.31. The molecule has 0 unspecified atom stereocenters. The van der Waals surface area contributed by atoms with Crippen molar-refractivity contribution in [2.45, 2.75) is 0 Å². The van der Waals surface area contributed by atoms with E-state index >= 15 is 0 Å². The first kappa shape index (κ1) is 20.5. The number of pyridine rings is 1. The molecule has 3 aromatic heterocycles. The van der Waals surface area contributed by atoms with Gasteiger partial charge in [-0.05, 0) is 54.6 Å². The van der Waals surface area contributed by atoms with E-state index in [2.05, 4.69) is 30.9 Å². The van der Waals surface area contributed by atoms with Crippen LogP contribution in [0.15, 0.2) is 79.0 Å². The minimum Gasteiger partial charge on any atom is -0.308 e. The maximum absolute atomic E-state index is 13.3. The summed E-state index contributed by atoms with van der Waals surface area (Å²) in [4.78, 5) is 16.7. The maximum Gasteiger partial charge on any atom is 0.323 e. The molecular weight excluding hydrogens is 445 g/mol. The molecular formula is C23H15ClFN7O. The molecule has 3 heterocycles. The van der Waals surface area contributed by atoms with E-state index in [-0.39, 0.29) is 5.02 Å². The zero-order valence-electron chi connectivity index (χ0n) is 16.9. The average molecular weight is 460 g/mol. The lowest BCUT2D eigenvalue weighted by atomic mass is 10.1. The van der Waals surface area contributed by atoms with Crippen LogP contribution in [0.25, 0.3) is 28.4 Å². The van der Waals surface area contributed by atoms with Crippen molar-refractivity contribution >= 4 is 34.7 Å². The number of nitrogens with zero attached hydrogens (tertiary/aromatic N) is 5. The second-order valence-corrected chi connectivity index (χ2v) is 7.42. The number of anilines is 2. The Kier molecular flexibility index (Phi) is 5.37. The van der Waals surface area contributed by atoms with Crippen LogP contribution in [0.4, 0.5) is 20.6 Å². The highest BCUT2D eigenvalue weighted by atomic mass is 35.5. The van der Waals surface area contributed by atoms with E-state index in [0.29, 0.717) is 34.2 Å². The molecule has 0 radical (unpaired) electrons. The lowest BCUT2D eigenvalue weighted by Crippen LogP contribution is -2.19. The van der Waals surface area contributed by atoms with Crippen LogP contribution < -0.4 is 10.6 Å². The molecule has 0 aliphatic rings. The molecule has 2 amide bonds. The van der Waals surface area contributed by atoms with Crippen LogP contribution in [0.2, 0.25) is 5.02 Å². The highest BCUT2D eigenvalue weighted by Gasteiger charge is 2.12. The Labute approximate surface area is 192 Å². The van der Waals surface area contributed by atoms with Crippen molar-refractivity contribution < 1.29 is 9.18 Å². The third-order valence-corrected chi connectivity index (χ3v) is 5.04. The van der Waals surface area contributed by atoms with Crippen molar-refractivity contribution in [1.29, 1.82) is 0 Å². The van der Waals surface area contributed by atoms with E-state index < -0.39 is 11.8 Å². The molecule has 0 aliphatic heterocycles. The minimum atomic E-state index is -0.556. The van der Waals surface area contributed by atoms with Gasteiger partial charge in [-0.3, -0.25) is 4.98 Å². The van der Waals surface area contributed by atoms with Gasteiger partial charge in [0.1, 0.15) is 11.5 Å². The van der Waals surface area contributed by atoms with Crippen LogP contribution in [0.3, 0.4) is 0 Å². The fourth-order valence-electron chi connectivity index (χ4n) is 3.22. The third-order valence-electron chi connectivity index (χ3n) is 4.75. The lowest BCUT2D eigenvalue weighted by molar-refractivity contribution is 0.262. The van der Waals surface area contributed by atoms with Crippen molar-refractivity contribution in [2.24, 2.45) is 0 Å². The predicted molar refractivity (Wildman–Crippen MR) is 124 cm³/mol. The topological polar surface area (TPSA) is 97.1 Å². The first-order chi connectivity index (χ1) is 16.1. The van der Waals surface area contributed by atoms with Gasteiger partial charge in [-0.1, -0.05) is 29.8 Å². The van der Waals surface area contributed by atoms with Gasteiger partial charge in [-0.2, -0.15) is 9.61 Å². The molecule has 0 fully saturated rings. The van der Waals surface area contributed by atoms with Gasteiger partial charge >= 0.3 is 6.03 Å². The summed E-state index contributed by atoms with van der Waals surface area (Å²) in [5, 5.41) is 18.3. The van der Waals surface area contributed by atoms with Crippen LogP contribution in [0.5, 0.6) is 0 Å². The molecule has 5 rings (SSSR count). The van der Waals surface area contributed by atoms with E-state index in [4.69, 9.17) is 11.6 Å². The Balaban J connectivity index is 1.39. The van der Waals surface area contributed by atoms with Crippen molar-refractivity contribution in [1.82, 2.24) is 24.8 Å². The maximum atomic E-state index is 13.3. The lowest BCUT2D eigenvalue weighted by Gasteiger charge is -2.10. The van der Waals surface area contributed by atoms with E-state index in [0.717, 1.165) is 5.56 Å². The van der Waals surface area contributed by atoms with Crippen molar-refractivity contribution in [3.05, 3.63) is 89.8 Å². The van der Waals surface area contributed by atoms with Crippen molar-refractivity contribution in [3.8, 4) is 22.8 Å². The first-order valence-corrected chi connectivity index (χ1v) is 10.2. The number of aromatic nitrogens is 5. The molecule has 0 spiro atoms. The summed E-state index contributed by atoms with van der Waals surface area (Å²) in [6, 6.07) is 19.8. The number of carbonyl (C=O) groups is 1. The molecule has 8 nitrogen and oxygen atoms in total. The van der Waals surface area contributed by atoms with Gasteiger partial charge < -0.3 is 10.6 Å². The normalized spacial score (nSPS) is 10.8. The number of nitrogens with one attached hydrogen (secondary N) is 2. The quantitative estimate of drug-likeness (QED) is 0.380. The molecule has 162 valence electrons. The summed E-state index contributed by atoms with van der Waals surface area (Å²) < 4.78 is 14.9. The van der Waals surface area contributed by atoms with Gasteiger partial charge in [0.2, 0.25) is 5.82 Å². The number of hydrogen-bond donors (Lipinski definition) is 2. The van der Waals surface area contributed by atoms with Gasteiger partial charge in [0.05, 0.1) is 10.7 Å². The zero-order valence-corrected chi connectivity index (χ0v) is 17.7. The monoisotopic (exact) mass is 459 g/mol. The largest absolute Gasteiger partial charge is 0.323 e. The molecule has 10 heteroatoms. The van der Waals surface area contributed by atoms with Gasteiger partial charge in [0, 0.05) is 23.1 Å². The van der Waals surface area contributed by atoms with Crippen molar-refractivity contribution in [3.63, 3.8) is 0 Å². The van der Waals surface area contributed by atoms with Gasteiger partial charge in [0.25, 0.3) is 0 Å². The molecule has 2 aromatic carbocycles. The number of carbonyl (C=O) groups excluding carboxylic acids is 1. The number of halogens is 2. The summed E-state index contributed by atoms with van der Waals surface area (Å²) in [6.45, 7) is 0. The van der Waals surface area contributed by atoms with Gasteiger partial charge in [-0.15, -0.1) is 10.2 Å². The first-order valence-electron chi connectivity index (χ1n) is 9.84. The Hall–Kier alpha value is -4.37. The van der Waals surface area contributed by atoms with Crippen LogP contribution in [-0.4, -0.2) is 30.8 Å². The number of fused-ring (bicyclic) bond motifs is 1. The molecule has 0 bridgehead atoms. The third kappa shape index (κ3) is 4.35. The number of urea groups is 1. The fourth-order valence-corrected chi connectivity index (χ4v) is 3.40. The summed E-state index contributed by atoms with van der Waals surface area (Å²) in [7, 11) is 0. The number of hydrogen-bond acceptors (Lipinski definition) is 5. The van der Waals surface area contributed by atoms with Crippen LogP contribution in [0.1, 0.15) is 0 Å². The van der Waals surface area contributed by atoms with E-state index in [1.807, 2.05) is 36.4 Å². The van der Waals surface area contributed by atoms with Gasteiger partial charge in [0.15, 0.2) is 5.65 Å². The van der Waals surface area contributed by atoms with Crippen LogP contribution in [-0.2, 0) is 0 Å². The van der Waals surface area contributed by atoms with Crippen LogP contribution >= 0.6 is 11.6 Å². The second kappa shape index (κ2) is 8.64. The van der Waals surface area contributed by atoms with Gasteiger partial charge in [-0.25, -0.2) is 9.18 Å². The fraction of sp³-hybridized carbons (Fsp3) is 0. The van der Waals surface area contributed by atoms with Crippen LogP contribution in [0, 0.1) is 5.82 Å². The highest BCUT2D eigenvalue weighted by Crippen LogP contribution is 2.24. The summed E-state index contributed by atoms with van der Waals surface area (Å²) >= 11 is 5.76. The van der Waals surface area contributed by atoms with Crippen molar-refractivity contribution in [2.75, 3.05) is 10.6 Å². The second-order valence-electron chi connectivity index (χ2n) is 7.02. The smallest absolute Gasteiger partial charge is 0.308 e.